The molecular formula is C17H23N7O3S. The van der Waals surface area contributed by atoms with Gasteiger partial charge in [-0.2, -0.15) is 4.98 Å². The number of sulfonamides is 1. The first-order valence-electron chi connectivity index (χ1n) is 8.82. The molecule has 1 aromatic carbocycles. The van der Waals surface area contributed by atoms with Gasteiger partial charge in [0.05, 0.1) is 11.4 Å². The molecule has 11 heteroatoms. The summed E-state index contributed by atoms with van der Waals surface area (Å²) < 4.78 is 22.6. The van der Waals surface area contributed by atoms with Crippen molar-refractivity contribution in [1.29, 1.82) is 0 Å². The van der Waals surface area contributed by atoms with Crippen LogP contribution in [0, 0.1) is 0 Å². The van der Waals surface area contributed by atoms with Crippen LogP contribution < -0.4 is 21.5 Å². The molecule has 10 nitrogen and oxygen atoms in total. The first kappa shape index (κ1) is 20.0. The van der Waals surface area contributed by atoms with Crippen LogP contribution in [0.1, 0.15) is 12.8 Å². The van der Waals surface area contributed by atoms with Crippen LogP contribution in [-0.2, 0) is 14.8 Å². The molecular weight excluding hydrogens is 382 g/mol. The average Bonchev–Trinajstić information content (AvgIpc) is 2.68. The Morgan fingerprint density at radius 2 is 1.86 bits per heavy atom. The summed E-state index contributed by atoms with van der Waals surface area (Å²) >= 11 is 0. The molecule has 6 N–H and O–H groups in total. The lowest BCUT2D eigenvalue weighted by Gasteiger charge is -2.32. The van der Waals surface area contributed by atoms with Crippen molar-refractivity contribution in [3.63, 3.8) is 0 Å². The van der Waals surface area contributed by atoms with Crippen molar-refractivity contribution in [3.05, 3.63) is 36.5 Å². The lowest BCUT2D eigenvalue weighted by Crippen LogP contribution is -2.44. The summed E-state index contributed by atoms with van der Waals surface area (Å²) in [5.41, 5.74) is 6.04. The second kappa shape index (κ2) is 8.50. The van der Waals surface area contributed by atoms with Gasteiger partial charge in [-0.25, -0.2) is 18.5 Å². The van der Waals surface area contributed by atoms with E-state index in [0.29, 0.717) is 30.5 Å². The molecule has 0 unspecified atom stereocenters. The van der Waals surface area contributed by atoms with Crippen LogP contribution in [0.5, 0.6) is 0 Å². The molecule has 2 aromatic rings. The van der Waals surface area contributed by atoms with E-state index >= 15 is 0 Å². The number of primary sulfonamides is 1. The average molecular weight is 405 g/mol. The van der Waals surface area contributed by atoms with Gasteiger partial charge < -0.3 is 21.3 Å². The lowest BCUT2D eigenvalue weighted by atomic mass is 10.1. The Bertz CT molecular complexity index is 926. The molecule has 1 aliphatic heterocycles. The van der Waals surface area contributed by atoms with Crippen LogP contribution in [-0.4, -0.2) is 54.9 Å². The zero-order chi connectivity index (χ0) is 20.1. The van der Waals surface area contributed by atoms with Gasteiger partial charge in [0, 0.05) is 31.0 Å². The Morgan fingerprint density at radius 3 is 2.46 bits per heavy atom. The third-order valence-electron chi connectivity index (χ3n) is 4.47. The maximum Gasteiger partial charge on any atom is 0.238 e. The normalized spacial score (nSPS) is 15.3. The zero-order valence-electron chi connectivity index (χ0n) is 15.2. The number of nitrogens with one attached hydrogen (secondary N) is 2. The molecule has 2 heterocycles. The summed E-state index contributed by atoms with van der Waals surface area (Å²) in [6.45, 7) is 1.37. The monoisotopic (exact) mass is 405 g/mol. The number of anilines is 3. The Labute approximate surface area is 163 Å². The van der Waals surface area contributed by atoms with Crippen LogP contribution in [0.25, 0.3) is 0 Å². The molecule has 0 saturated carbocycles. The standard InChI is InChI=1S/C17H23N7O3S/c18-11-16(25)24-9-6-13(7-10-24)21-15-5-8-20-17(23-15)22-12-1-3-14(4-2-12)28(19,26)27/h1-5,8,13H,6-7,9-11,18H2,(H2,19,26,27)(H2,20,21,22,23). The number of hydrogen-bond acceptors (Lipinski definition) is 8. The molecule has 0 spiro atoms. The number of nitrogens with two attached hydrogens (primary N) is 2. The molecule has 1 amide bonds. The van der Waals surface area contributed by atoms with Gasteiger partial charge in [0.15, 0.2) is 0 Å². The SMILES string of the molecule is NCC(=O)N1CCC(Nc2ccnc(Nc3ccc(S(N)(=O)=O)cc3)n2)CC1. The summed E-state index contributed by atoms with van der Waals surface area (Å²) in [5.74, 6) is 1.02. The minimum atomic E-state index is -3.73. The lowest BCUT2D eigenvalue weighted by molar-refractivity contribution is -0.130. The highest BCUT2D eigenvalue weighted by atomic mass is 32.2. The van der Waals surface area contributed by atoms with E-state index in [2.05, 4.69) is 20.6 Å². The molecule has 0 radical (unpaired) electrons. The number of amides is 1. The van der Waals surface area contributed by atoms with E-state index in [-0.39, 0.29) is 23.4 Å². The zero-order valence-corrected chi connectivity index (χ0v) is 16.0. The molecule has 1 fully saturated rings. The molecule has 0 aliphatic carbocycles. The highest BCUT2D eigenvalue weighted by Crippen LogP contribution is 2.19. The van der Waals surface area contributed by atoms with Gasteiger partial charge in [-0.1, -0.05) is 0 Å². The number of aromatic nitrogens is 2. The largest absolute Gasteiger partial charge is 0.367 e. The van der Waals surface area contributed by atoms with Crippen molar-refractivity contribution in [2.45, 2.75) is 23.8 Å². The van der Waals surface area contributed by atoms with E-state index in [0.717, 1.165) is 12.8 Å². The van der Waals surface area contributed by atoms with Crippen molar-refractivity contribution < 1.29 is 13.2 Å². The van der Waals surface area contributed by atoms with Crippen molar-refractivity contribution in [3.8, 4) is 0 Å². The predicted molar refractivity (Wildman–Crippen MR) is 105 cm³/mol. The maximum atomic E-state index is 11.6. The summed E-state index contributed by atoms with van der Waals surface area (Å²) in [6, 6.07) is 7.98. The Balaban J connectivity index is 1.59. The summed E-state index contributed by atoms with van der Waals surface area (Å²) in [5, 5.41) is 11.5. The van der Waals surface area contributed by atoms with Gasteiger partial charge in [0.2, 0.25) is 21.9 Å². The first-order valence-corrected chi connectivity index (χ1v) is 10.4. The quantitative estimate of drug-likeness (QED) is 0.532. The van der Waals surface area contributed by atoms with Crippen molar-refractivity contribution in [1.82, 2.24) is 14.9 Å². The van der Waals surface area contributed by atoms with Crippen LogP contribution in [0.15, 0.2) is 41.4 Å². The molecule has 150 valence electrons. The third kappa shape index (κ3) is 5.15. The van der Waals surface area contributed by atoms with Gasteiger partial charge in [-0.3, -0.25) is 4.79 Å². The van der Waals surface area contributed by atoms with Crippen LogP contribution >= 0.6 is 0 Å². The minimum absolute atomic E-state index is 0.0274. The number of piperidine rings is 1. The fourth-order valence-corrected chi connectivity index (χ4v) is 3.48. The molecule has 3 rings (SSSR count). The summed E-state index contributed by atoms with van der Waals surface area (Å²) in [4.78, 5) is 22.0. The first-order chi connectivity index (χ1) is 13.3. The molecule has 1 aromatic heterocycles. The van der Waals surface area contributed by atoms with Crippen molar-refractivity contribution >= 4 is 33.4 Å². The molecule has 28 heavy (non-hydrogen) atoms. The number of nitrogens with zero attached hydrogens (tertiary/aromatic N) is 3. The predicted octanol–water partition coefficient (Wildman–Crippen LogP) is 0.229. The number of likely N-dealkylation sites (tertiary alicyclic amines) is 1. The Kier molecular flexibility index (Phi) is 6.07. The Hall–Kier alpha value is -2.76. The van der Waals surface area contributed by atoms with Crippen LogP contribution in [0.4, 0.5) is 17.5 Å². The number of hydrogen-bond donors (Lipinski definition) is 4. The third-order valence-corrected chi connectivity index (χ3v) is 5.40. The van der Waals surface area contributed by atoms with Crippen molar-refractivity contribution in [2.75, 3.05) is 30.3 Å². The van der Waals surface area contributed by atoms with Gasteiger partial charge in [0.25, 0.3) is 0 Å². The summed E-state index contributed by atoms with van der Waals surface area (Å²) in [7, 11) is -3.73. The van der Waals surface area contributed by atoms with E-state index in [1.165, 1.54) is 12.1 Å². The second-order valence-electron chi connectivity index (χ2n) is 6.46. The number of rotatable bonds is 6. The number of carbonyl (C=O) groups is 1. The van der Waals surface area contributed by atoms with Gasteiger partial charge in [-0.05, 0) is 43.2 Å². The highest BCUT2D eigenvalue weighted by Gasteiger charge is 2.22. The smallest absolute Gasteiger partial charge is 0.238 e. The van der Waals surface area contributed by atoms with E-state index in [1.54, 1.807) is 29.3 Å². The fourth-order valence-electron chi connectivity index (χ4n) is 2.97. The Morgan fingerprint density at radius 1 is 1.18 bits per heavy atom. The van der Waals surface area contributed by atoms with Crippen molar-refractivity contribution in [2.24, 2.45) is 10.9 Å². The topological polar surface area (TPSA) is 156 Å². The van der Waals surface area contributed by atoms with Gasteiger partial charge >= 0.3 is 0 Å². The minimum Gasteiger partial charge on any atom is -0.367 e. The van der Waals surface area contributed by atoms with E-state index < -0.39 is 10.0 Å². The fraction of sp³-hybridized carbons (Fsp3) is 0.353. The number of carbonyl (C=O) groups excluding carboxylic acids is 1. The summed E-state index contributed by atoms with van der Waals surface area (Å²) in [6.07, 6.45) is 3.25. The number of benzene rings is 1. The molecule has 1 saturated heterocycles. The van der Waals surface area contributed by atoms with Crippen LogP contribution in [0.3, 0.4) is 0 Å². The highest BCUT2D eigenvalue weighted by molar-refractivity contribution is 7.89. The second-order valence-corrected chi connectivity index (χ2v) is 8.02. The maximum absolute atomic E-state index is 11.6. The van der Waals surface area contributed by atoms with E-state index in [9.17, 15) is 13.2 Å². The van der Waals surface area contributed by atoms with E-state index in [1.807, 2.05) is 0 Å². The van der Waals surface area contributed by atoms with Gasteiger partial charge in [-0.15, -0.1) is 0 Å². The van der Waals surface area contributed by atoms with Gasteiger partial charge in [0.1, 0.15) is 5.82 Å². The molecule has 1 aliphatic rings. The van der Waals surface area contributed by atoms with Crippen LogP contribution in [0.2, 0.25) is 0 Å². The molecule has 0 atom stereocenters. The molecule has 0 bridgehead atoms. The van der Waals surface area contributed by atoms with E-state index in [4.69, 9.17) is 10.9 Å².